The topological polar surface area (TPSA) is 73.0 Å². The monoisotopic (exact) mass is 262 g/mol. The van der Waals surface area contributed by atoms with Crippen molar-refractivity contribution in [3.63, 3.8) is 0 Å². The summed E-state index contributed by atoms with van der Waals surface area (Å²) in [6, 6.07) is 3.81. The normalized spacial score (nSPS) is 12.3. The van der Waals surface area contributed by atoms with E-state index < -0.39 is 0 Å². The molecule has 1 N–H and O–H groups in total. The van der Waals surface area contributed by atoms with Gasteiger partial charge in [0.1, 0.15) is 18.4 Å². The molecule has 6 heteroatoms. The zero-order valence-electron chi connectivity index (χ0n) is 11.0. The fourth-order valence-electron chi connectivity index (χ4n) is 1.79. The molecule has 0 spiro atoms. The number of hydrogen-bond donors (Lipinski definition) is 1. The molecule has 2 heterocycles. The molecule has 19 heavy (non-hydrogen) atoms. The van der Waals surface area contributed by atoms with Crippen molar-refractivity contribution in [2.75, 3.05) is 6.54 Å². The van der Waals surface area contributed by atoms with Crippen LogP contribution in [-0.4, -0.2) is 27.2 Å². The first-order valence-electron chi connectivity index (χ1n) is 6.38. The Bertz CT molecular complexity index is 479. The van der Waals surface area contributed by atoms with Crippen molar-refractivity contribution in [1.29, 1.82) is 0 Å². The van der Waals surface area contributed by atoms with Crippen molar-refractivity contribution < 1.29 is 9.21 Å². The van der Waals surface area contributed by atoms with Gasteiger partial charge in [-0.05, 0) is 18.6 Å². The summed E-state index contributed by atoms with van der Waals surface area (Å²) >= 11 is 0. The van der Waals surface area contributed by atoms with Gasteiger partial charge in [-0.1, -0.05) is 6.92 Å². The van der Waals surface area contributed by atoms with Gasteiger partial charge in [0.25, 0.3) is 0 Å². The fraction of sp³-hybridized carbons (Fsp3) is 0.462. The van der Waals surface area contributed by atoms with E-state index in [2.05, 4.69) is 15.4 Å². The number of nitrogens with zero attached hydrogens (tertiary/aromatic N) is 3. The minimum atomic E-state index is -0.120. The molecule has 102 valence electrons. The average Bonchev–Trinajstić information content (AvgIpc) is 3.07. The van der Waals surface area contributed by atoms with Crippen LogP contribution in [-0.2, 0) is 17.8 Å². The molecule has 0 fully saturated rings. The van der Waals surface area contributed by atoms with Crippen LogP contribution in [0.1, 0.15) is 19.1 Å². The molecule has 2 rings (SSSR count). The highest BCUT2D eigenvalue weighted by atomic mass is 16.3. The van der Waals surface area contributed by atoms with E-state index in [9.17, 15) is 4.79 Å². The number of rotatable bonds is 7. The molecule has 1 unspecified atom stereocenters. The number of aromatic nitrogens is 3. The summed E-state index contributed by atoms with van der Waals surface area (Å²) < 4.78 is 6.89. The average molecular weight is 262 g/mol. The first-order valence-corrected chi connectivity index (χ1v) is 6.38. The van der Waals surface area contributed by atoms with E-state index in [-0.39, 0.29) is 11.8 Å². The molecule has 0 aliphatic carbocycles. The van der Waals surface area contributed by atoms with Gasteiger partial charge in [0.2, 0.25) is 5.91 Å². The molecular weight excluding hydrogens is 244 g/mol. The second-order valence-electron chi connectivity index (χ2n) is 4.49. The van der Waals surface area contributed by atoms with Crippen LogP contribution in [0.25, 0.3) is 0 Å². The van der Waals surface area contributed by atoms with E-state index >= 15 is 0 Å². The Morgan fingerprint density at radius 3 is 3.16 bits per heavy atom. The second-order valence-corrected chi connectivity index (χ2v) is 4.49. The number of amides is 1. The second kappa shape index (κ2) is 6.72. The number of carbonyl (C=O) groups excluding carboxylic acids is 1. The molecule has 0 radical (unpaired) electrons. The molecule has 1 amide bonds. The van der Waals surface area contributed by atoms with Gasteiger partial charge in [-0.15, -0.1) is 0 Å². The van der Waals surface area contributed by atoms with E-state index in [1.807, 2.05) is 19.1 Å². The summed E-state index contributed by atoms with van der Waals surface area (Å²) in [6.07, 6.45) is 6.45. The summed E-state index contributed by atoms with van der Waals surface area (Å²) in [4.78, 5) is 15.7. The van der Waals surface area contributed by atoms with Gasteiger partial charge in [0.15, 0.2) is 0 Å². The lowest BCUT2D eigenvalue weighted by atomic mass is 10.1. The molecule has 0 aromatic carbocycles. The van der Waals surface area contributed by atoms with Crippen LogP contribution in [0.4, 0.5) is 0 Å². The quantitative estimate of drug-likeness (QED) is 0.762. The van der Waals surface area contributed by atoms with Gasteiger partial charge in [-0.2, -0.15) is 5.10 Å². The number of hydrogen-bond acceptors (Lipinski definition) is 4. The van der Waals surface area contributed by atoms with Gasteiger partial charge in [0, 0.05) is 13.0 Å². The number of furan rings is 1. The largest absolute Gasteiger partial charge is 0.469 e. The van der Waals surface area contributed by atoms with Gasteiger partial charge in [0.05, 0.1) is 18.7 Å². The van der Waals surface area contributed by atoms with E-state index in [0.717, 1.165) is 18.6 Å². The highest BCUT2D eigenvalue weighted by Crippen LogP contribution is 2.03. The summed E-state index contributed by atoms with van der Waals surface area (Å²) in [5.74, 6) is 0.866. The van der Waals surface area contributed by atoms with Crippen LogP contribution in [0.5, 0.6) is 0 Å². The zero-order valence-corrected chi connectivity index (χ0v) is 11.0. The molecule has 6 nitrogen and oxygen atoms in total. The van der Waals surface area contributed by atoms with Crippen molar-refractivity contribution >= 4 is 5.91 Å². The van der Waals surface area contributed by atoms with Crippen LogP contribution in [0.3, 0.4) is 0 Å². The molecule has 2 aromatic rings. The van der Waals surface area contributed by atoms with E-state index in [0.29, 0.717) is 13.1 Å². The third-order valence-corrected chi connectivity index (χ3v) is 2.85. The Kier molecular flexibility index (Phi) is 4.72. The number of carbonyl (C=O) groups is 1. The maximum absolute atomic E-state index is 11.8. The number of nitrogens with one attached hydrogen (secondary N) is 1. The lowest BCUT2D eigenvalue weighted by molar-refractivity contribution is -0.124. The summed E-state index contributed by atoms with van der Waals surface area (Å²) in [5, 5.41) is 6.90. The molecule has 0 aliphatic heterocycles. The van der Waals surface area contributed by atoms with Crippen LogP contribution in [0, 0.1) is 5.92 Å². The standard InChI is InChI=1S/C13H18N4O2/c1-11(8-17-10-14-9-16-17)13(18)15-6-2-4-12-5-3-7-19-12/h3,5,7,9-11H,2,4,6,8H2,1H3,(H,15,18). The molecule has 1 atom stereocenters. The van der Waals surface area contributed by atoms with E-state index in [4.69, 9.17) is 4.42 Å². The molecule has 0 aliphatic rings. The Balaban J connectivity index is 1.63. The minimum Gasteiger partial charge on any atom is -0.469 e. The Morgan fingerprint density at radius 2 is 2.47 bits per heavy atom. The lowest BCUT2D eigenvalue weighted by Gasteiger charge is -2.11. The predicted octanol–water partition coefficient (Wildman–Crippen LogP) is 1.26. The van der Waals surface area contributed by atoms with Crippen molar-refractivity contribution in [1.82, 2.24) is 20.1 Å². The van der Waals surface area contributed by atoms with Crippen molar-refractivity contribution in [3.05, 3.63) is 36.8 Å². The summed E-state index contributed by atoms with van der Waals surface area (Å²) in [6.45, 7) is 3.08. The highest BCUT2D eigenvalue weighted by Gasteiger charge is 2.13. The molecular formula is C13H18N4O2. The van der Waals surface area contributed by atoms with Gasteiger partial charge in [-0.3, -0.25) is 9.48 Å². The van der Waals surface area contributed by atoms with Gasteiger partial charge in [-0.25, -0.2) is 4.98 Å². The van der Waals surface area contributed by atoms with Crippen LogP contribution < -0.4 is 5.32 Å². The Hall–Kier alpha value is -2.11. The fourth-order valence-corrected chi connectivity index (χ4v) is 1.79. The summed E-state index contributed by atoms with van der Waals surface area (Å²) in [7, 11) is 0. The maximum atomic E-state index is 11.8. The molecule has 0 bridgehead atoms. The van der Waals surface area contributed by atoms with Crippen molar-refractivity contribution in [2.45, 2.75) is 26.3 Å². The zero-order chi connectivity index (χ0) is 13.5. The lowest BCUT2D eigenvalue weighted by Crippen LogP contribution is -2.32. The number of aryl methyl sites for hydroxylation is 1. The highest BCUT2D eigenvalue weighted by molar-refractivity contribution is 5.78. The van der Waals surface area contributed by atoms with Gasteiger partial charge < -0.3 is 9.73 Å². The van der Waals surface area contributed by atoms with Crippen LogP contribution in [0.2, 0.25) is 0 Å². The maximum Gasteiger partial charge on any atom is 0.224 e. The SMILES string of the molecule is CC(Cn1cncn1)C(=O)NCCCc1ccco1. The molecule has 0 saturated heterocycles. The van der Waals surface area contributed by atoms with E-state index in [1.54, 1.807) is 17.3 Å². The van der Waals surface area contributed by atoms with Gasteiger partial charge >= 0.3 is 0 Å². The molecule has 2 aromatic heterocycles. The predicted molar refractivity (Wildman–Crippen MR) is 69.2 cm³/mol. The minimum absolute atomic E-state index is 0.0370. The van der Waals surface area contributed by atoms with E-state index in [1.165, 1.54) is 6.33 Å². The molecule has 0 saturated carbocycles. The van der Waals surface area contributed by atoms with Crippen molar-refractivity contribution in [3.8, 4) is 0 Å². The Labute approximate surface area is 111 Å². The summed E-state index contributed by atoms with van der Waals surface area (Å²) in [5.41, 5.74) is 0. The van der Waals surface area contributed by atoms with Crippen LogP contribution >= 0.6 is 0 Å². The first kappa shape index (κ1) is 13.3. The van der Waals surface area contributed by atoms with Crippen LogP contribution in [0.15, 0.2) is 35.5 Å². The van der Waals surface area contributed by atoms with Crippen molar-refractivity contribution in [2.24, 2.45) is 5.92 Å². The Morgan fingerprint density at radius 1 is 1.58 bits per heavy atom. The third-order valence-electron chi connectivity index (χ3n) is 2.85. The first-order chi connectivity index (χ1) is 9.25. The smallest absolute Gasteiger partial charge is 0.224 e. The third kappa shape index (κ3) is 4.24.